The van der Waals surface area contributed by atoms with Crippen LogP contribution in [-0.4, -0.2) is 48.0 Å². The van der Waals surface area contributed by atoms with Gasteiger partial charge >= 0.3 is 0 Å². The molecule has 2 aromatic carbocycles. The molecule has 0 aliphatic carbocycles. The maximum Gasteiger partial charge on any atom is 0.290 e. The predicted molar refractivity (Wildman–Crippen MR) is 107 cm³/mol. The summed E-state index contributed by atoms with van der Waals surface area (Å²) in [6, 6.07) is 14.6. The molecule has 1 aromatic heterocycles. The number of carbonyl (C=O) groups is 1. The largest absolute Gasteiger partial charge is 0.497 e. The van der Waals surface area contributed by atoms with Crippen molar-refractivity contribution in [3.05, 3.63) is 59.4 Å². The highest BCUT2D eigenvalue weighted by atomic mass is 35.5. The number of aromatic nitrogens is 3. The third-order valence-corrected chi connectivity index (χ3v) is 4.26. The zero-order chi connectivity index (χ0) is 19.9. The number of hydrogen-bond acceptors (Lipinski definition) is 5. The zero-order valence-electron chi connectivity index (χ0n) is 15.7. The Morgan fingerprint density at radius 1 is 1.18 bits per heavy atom. The average Bonchev–Trinajstić information content (AvgIpc) is 3.17. The number of carbonyl (C=O) groups excluding carboxylic acids is 1. The first-order valence-corrected chi connectivity index (χ1v) is 9.14. The smallest absolute Gasteiger partial charge is 0.290 e. The highest BCUT2D eigenvalue weighted by Crippen LogP contribution is 2.25. The molecule has 0 saturated heterocycles. The highest BCUT2D eigenvalue weighted by molar-refractivity contribution is 6.30. The van der Waals surface area contributed by atoms with Crippen LogP contribution in [0.25, 0.3) is 17.1 Å². The molecule has 0 aliphatic rings. The van der Waals surface area contributed by atoms with Crippen molar-refractivity contribution in [3.63, 3.8) is 0 Å². The van der Waals surface area contributed by atoms with Gasteiger partial charge in [-0.1, -0.05) is 23.7 Å². The lowest BCUT2D eigenvalue weighted by Crippen LogP contribution is -2.26. The predicted octanol–water partition coefficient (Wildman–Crippen LogP) is 3.36. The van der Waals surface area contributed by atoms with Crippen LogP contribution in [0.15, 0.2) is 48.5 Å². The Morgan fingerprint density at radius 2 is 1.96 bits per heavy atom. The van der Waals surface area contributed by atoms with E-state index in [1.54, 1.807) is 31.0 Å². The van der Waals surface area contributed by atoms with E-state index in [0.717, 1.165) is 17.0 Å². The second kappa shape index (κ2) is 9.34. The standard InChI is InChI=1S/C20H21ClN4O3/c1-27-12-4-11-22-20(26)18-23-19(14-5-3-6-15(21)13-14)25(24-18)16-7-9-17(28-2)10-8-16/h3,5-10,13H,4,11-12H2,1-2H3,(H,22,26). The number of hydrogen-bond donors (Lipinski definition) is 1. The Bertz CT molecular complexity index is 941. The average molecular weight is 401 g/mol. The van der Waals surface area contributed by atoms with Crippen LogP contribution in [0.5, 0.6) is 5.75 Å². The van der Waals surface area contributed by atoms with Gasteiger partial charge in [-0.2, -0.15) is 0 Å². The Kier molecular flexibility index (Phi) is 6.62. The number of nitrogens with one attached hydrogen (secondary N) is 1. The SMILES string of the molecule is COCCCNC(=O)c1nc(-c2cccc(Cl)c2)n(-c2ccc(OC)cc2)n1. The molecule has 28 heavy (non-hydrogen) atoms. The van der Waals surface area contributed by atoms with Gasteiger partial charge in [0, 0.05) is 30.8 Å². The van der Waals surface area contributed by atoms with Crippen LogP contribution in [0.1, 0.15) is 17.0 Å². The normalized spacial score (nSPS) is 10.7. The molecule has 0 unspecified atom stereocenters. The van der Waals surface area contributed by atoms with Crippen LogP contribution in [0.4, 0.5) is 0 Å². The van der Waals surface area contributed by atoms with Crippen LogP contribution < -0.4 is 10.1 Å². The molecule has 0 saturated carbocycles. The molecule has 3 rings (SSSR count). The van der Waals surface area contributed by atoms with Gasteiger partial charge in [0.2, 0.25) is 5.82 Å². The molecular formula is C20H21ClN4O3. The second-order valence-electron chi connectivity index (χ2n) is 5.98. The fourth-order valence-electron chi connectivity index (χ4n) is 2.62. The van der Waals surface area contributed by atoms with E-state index in [0.29, 0.717) is 30.4 Å². The van der Waals surface area contributed by atoms with Gasteiger partial charge in [0.05, 0.1) is 12.8 Å². The third-order valence-electron chi connectivity index (χ3n) is 4.02. The first-order valence-electron chi connectivity index (χ1n) is 8.77. The van der Waals surface area contributed by atoms with E-state index >= 15 is 0 Å². The van der Waals surface area contributed by atoms with Gasteiger partial charge in [0.1, 0.15) is 5.75 Å². The molecule has 7 nitrogen and oxygen atoms in total. The lowest BCUT2D eigenvalue weighted by atomic mass is 10.2. The van der Waals surface area contributed by atoms with Crippen molar-refractivity contribution in [2.24, 2.45) is 0 Å². The maximum absolute atomic E-state index is 12.5. The molecule has 8 heteroatoms. The summed E-state index contributed by atoms with van der Waals surface area (Å²) < 4.78 is 11.8. The fourth-order valence-corrected chi connectivity index (χ4v) is 2.81. The number of rotatable bonds is 8. The molecule has 0 radical (unpaired) electrons. The van der Waals surface area contributed by atoms with Gasteiger partial charge in [-0.05, 0) is 42.8 Å². The Labute approximate surface area is 168 Å². The molecular weight excluding hydrogens is 380 g/mol. The van der Waals surface area contributed by atoms with Crippen molar-refractivity contribution in [2.45, 2.75) is 6.42 Å². The van der Waals surface area contributed by atoms with E-state index < -0.39 is 0 Å². The van der Waals surface area contributed by atoms with Crippen molar-refractivity contribution < 1.29 is 14.3 Å². The summed E-state index contributed by atoms with van der Waals surface area (Å²) in [7, 11) is 3.23. The monoisotopic (exact) mass is 400 g/mol. The van der Waals surface area contributed by atoms with Gasteiger partial charge in [0.25, 0.3) is 5.91 Å². The number of benzene rings is 2. The zero-order valence-corrected chi connectivity index (χ0v) is 16.4. The van der Waals surface area contributed by atoms with Gasteiger partial charge in [0.15, 0.2) is 5.82 Å². The number of halogens is 1. The van der Waals surface area contributed by atoms with E-state index in [-0.39, 0.29) is 11.7 Å². The minimum Gasteiger partial charge on any atom is -0.497 e. The Morgan fingerprint density at radius 3 is 2.64 bits per heavy atom. The second-order valence-corrected chi connectivity index (χ2v) is 6.42. The van der Waals surface area contributed by atoms with Crippen molar-refractivity contribution in [3.8, 4) is 22.8 Å². The minimum atomic E-state index is -0.341. The first-order chi connectivity index (χ1) is 13.6. The van der Waals surface area contributed by atoms with E-state index in [1.165, 1.54) is 0 Å². The fraction of sp³-hybridized carbons (Fsp3) is 0.250. The molecule has 1 N–H and O–H groups in total. The van der Waals surface area contributed by atoms with E-state index in [4.69, 9.17) is 21.1 Å². The number of nitrogens with zero attached hydrogens (tertiary/aromatic N) is 3. The van der Waals surface area contributed by atoms with Gasteiger partial charge in [-0.15, -0.1) is 5.10 Å². The summed E-state index contributed by atoms with van der Waals surface area (Å²) in [5, 5.41) is 7.80. The van der Waals surface area contributed by atoms with Crippen LogP contribution in [-0.2, 0) is 4.74 Å². The number of ether oxygens (including phenoxy) is 2. The third kappa shape index (κ3) is 4.68. The van der Waals surface area contributed by atoms with Crippen LogP contribution in [0.3, 0.4) is 0 Å². The Hall–Kier alpha value is -2.90. The van der Waals surface area contributed by atoms with Crippen molar-refractivity contribution in [2.75, 3.05) is 27.4 Å². The molecule has 1 amide bonds. The molecule has 3 aromatic rings. The van der Waals surface area contributed by atoms with E-state index in [1.807, 2.05) is 36.4 Å². The molecule has 0 bridgehead atoms. The summed E-state index contributed by atoms with van der Waals surface area (Å²) in [5.41, 5.74) is 1.51. The van der Waals surface area contributed by atoms with Crippen molar-refractivity contribution >= 4 is 17.5 Å². The van der Waals surface area contributed by atoms with E-state index in [2.05, 4.69) is 15.4 Å². The quantitative estimate of drug-likeness (QED) is 0.586. The highest BCUT2D eigenvalue weighted by Gasteiger charge is 2.18. The maximum atomic E-state index is 12.5. The number of methoxy groups -OCH3 is 2. The van der Waals surface area contributed by atoms with Crippen molar-refractivity contribution in [1.29, 1.82) is 0 Å². The molecule has 0 atom stereocenters. The van der Waals surface area contributed by atoms with Gasteiger partial charge < -0.3 is 14.8 Å². The lowest BCUT2D eigenvalue weighted by Gasteiger charge is -2.07. The van der Waals surface area contributed by atoms with Crippen LogP contribution in [0, 0.1) is 0 Å². The van der Waals surface area contributed by atoms with E-state index in [9.17, 15) is 4.79 Å². The molecule has 0 fully saturated rings. The first kappa shape index (κ1) is 19.9. The summed E-state index contributed by atoms with van der Waals surface area (Å²) >= 11 is 6.14. The molecule has 146 valence electrons. The summed E-state index contributed by atoms with van der Waals surface area (Å²) in [6.07, 6.45) is 0.711. The summed E-state index contributed by atoms with van der Waals surface area (Å²) in [5.74, 6) is 0.994. The molecule has 0 aliphatic heterocycles. The molecule has 0 spiro atoms. The topological polar surface area (TPSA) is 78.3 Å². The van der Waals surface area contributed by atoms with Crippen LogP contribution >= 0.6 is 11.6 Å². The lowest BCUT2D eigenvalue weighted by molar-refractivity contribution is 0.0938. The van der Waals surface area contributed by atoms with Crippen molar-refractivity contribution in [1.82, 2.24) is 20.1 Å². The summed E-state index contributed by atoms with van der Waals surface area (Å²) in [6.45, 7) is 1.05. The summed E-state index contributed by atoms with van der Waals surface area (Å²) in [4.78, 5) is 16.9. The molecule has 1 heterocycles. The van der Waals surface area contributed by atoms with Gasteiger partial charge in [-0.25, -0.2) is 9.67 Å². The Balaban J connectivity index is 1.96. The minimum absolute atomic E-state index is 0.0863. The number of amides is 1. The van der Waals surface area contributed by atoms with Crippen LogP contribution in [0.2, 0.25) is 5.02 Å². The van der Waals surface area contributed by atoms with Gasteiger partial charge in [-0.3, -0.25) is 4.79 Å².